The van der Waals surface area contributed by atoms with Crippen LogP contribution >= 0.6 is 0 Å². The minimum atomic E-state index is -2.59. The summed E-state index contributed by atoms with van der Waals surface area (Å²) in [6.45, 7) is -1.03. The van der Waals surface area contributed by atoms with Crippen LogP contribution in [0.5, 0.6) is 0 Å². The van der Waals surface area contributed by atoms with E-state index in [1.165, 1.54) is 13.0 Å². The summed E-state index contributed by atoms with van der Waals surface area (Å²) in [6, 6.07) is -2.11. The maximum absolute atomic E-state index is 10.7. The Morgan fingerprint density at radius 2 is 1.60 bits per heavy atom. The average molecular weight is 513 g/mol. The van der Waals surface area contributed by atoms with Crippen molar-refractivity contribution in [1.82, 2.24) is 5.32 Å². The highest BCUT2D eigenvalue weighted by atomic mass is 16.7. The minimum absolute atomic E-state index is 0.0400. The number of aliphatic hydroxyl groups excluding tert-OH is 10. The molecule has 0 aromatic rings. The Hall–Kier alpha value is -0.860. The molecule has 0 bridgehead atoms. The third-order valence-electron chi connectivity index (χ3n) is 6.78. The van der Waals surface area contributed by atoms with Crippen LogP contribution in [0.3, 0.4) is 0 Å². The largest absolute Gasteiger partial charge is 0.394 e. The zero-order valence-electron chi connectivity index (χ0n) is 18.8. The molecule has 12 N–H and O–H groups in total. The second kappa shape index (κ2) is 11.3. The lowest BCUT2D eigenvalue weighted by molar-refractivity contribution is -0.385. The summed E-state index contributed by atoms with van der Waals surface area (Å²) in [7, 11) is 0. The molecule has 14 atom stereocenters. The van der Waals surface area contributed by atoms with Crippen molar-refractivity contribution in [2.45, 2.75) is 92.1 Å². The maximum atomic E-state index is 10.7. The summed E-state index contributed by atoms with van der Waals surface area (Å²) in [5.74, 6) is -2.59. The molecule has 0 spiro atoms. The highest BCUT2D eigenvalue weighted by Gasteiger charge is 2.56. The smallest absolute Gasteiger partial charge is 0.219 e. The van der Waals surface area contributed by atoms with Gasteiger partial charge < -0.3 is 75.7 Å². The lowest BCUT2D eigenvalue weighted by atomic mass is 9.86. The number of hydrogen-bond donors (Lipinski definition) is 12. The van der Waals surface area contributed by atoms with Crippen LogP contribution in [0, 0.1) is 0 Å². The first kappa shape index (κ1) is 28.7. The minimum Gasteiger partial charge on any atom is -0.394 e. The van der Waals surface area contributed by atoms with Gasteiger partial charge in [-0.15, -0.1) is 0 Å². The van der Waals surface area contributed by atoms with Crippen molar-refractivity contribution >= 4 is 0 Å². The molecule has 3 aliphatic rings. The van der Waals surface area contributed by atoms with Crippen LogP contribution in [-0.4, -0.2) is 161 Å². The van der Waals surface area contributed by atoms with Gasteiger partial charge in [0.1, 0.15) is 54.9 Å². The van der Waals surface area contributed by atoms with Crippen LogP contribution in [0.25, 0.3) is 0 Å². The van der Waals surface area contributed by atoms with E-state index in [1.807, 2.05) is 0 Å². The lowest BCUT2D eigenvalue weighted by Crippen LogP contribution is -2.70. The van der Waals surface area contributed by atoms with Gasteiger partial charge in [0.15, 0.2) is 6.29 Å². The highest BCUT2D eigenvalue weighted by molar-refractivity contribution is 5.22. The zero-order chi connectivity index (χ0) is 26.2. The number of rotatable bonds is 7. The van der Waals surface area contributed by atoms with Crippen molar-refractivity contribution in [2.24, 2.45) is 0 Å². The molecule has 2 unspecified atom stereocenters. The Morgan fingerprint density at radius 3 is 2.17 bits per heavy atom. The first-order valence-corrected chi connectivity index (χ1v) is 11.2. The summed E-state index contributed by atoms with van der Waals surface area (Å²) in [6.07, 6.45) is -16.3. The Balaban J connectivity index is 1.74. The Morgan fingerprint density at radius 1 is 0.943 bits per heavy atom. The van der Waals surface area contributed by atoms with Gasteiger partial charge in [0.2, 0.25) is 5.79 Å². The number of ether oxygens (including phenoxy) is 3. The molecule has 15 nitrogen and oxygen atoms in total. The van der Waals surface area contributed by atoms with Crippen molar-refractivity contribution in [3.05, 3.63) is 11.6 Å². The molecule has 0 radical (unpaired) electrons. The summed E-state index contributed by atoms with van der Waals surface area (Å²) in [5, 5.41) is 114. The predicted molar refractivity (Wildman–Crippen MR) is 111 cm³/mol. The molecule has 2 aliphatic heterocycles. The van der Waals surface area contributed by atoms with Crippen molar-refractivity contribution in [3.8, 4) is 0 Å². The van der Waals surface area contributed by atoms with Crippen LogP contribution in [0.4, 0.5) is 0 Å². The van der Waals surface area contributed by atoms with Gasteiger partial charge in [-0.05, 0) is 12.5 Å². The van der Waals surface area contributed by atoms with Gasteiger partial charge in [-0.1, -0.05) is 6.08 Å². The molecule has 1 aliphatic carbocycles. The van der Waals surface area contributed by atoms with E-state index in [0.717, 1.165) is 0 Å². The Kier molecular flexibility index (Phi) is 9.23. The molecule has 2 saturated heterocycles. The molecule has 2 heterocycles. The fraction of sp³-hybridized carbons (Fsp3) is 0.900. The van der Waals surface area contributed by atoms with Crippen molar-refractivity contribution in [1.29, 1.82) is 0 Å². The van der Waals surface area contributed by atoms with E-state index in [1.54, 1.807) is 0 Å². The monoisotopic (exact) mass is 513 g/mol. The molecule has 2 fully saturated rings. The molecular formula is C20H35NO14. The summed E-state index contributed by atoms with van der Waals surface area (Å²) < 4.78 is 16.0. The SMILES string of the molecule is C[C@H]1O[C@H](O[C@H]2[C@H](O)C(CO)OC(O)(CO)[C@H]2O)[C@H](O)[C@@H](O)[C@H]1N[C@H]1C=C(CO)[C@@H](O)[C@H](O)[C@H]1O. The Bertz CT molecular complexity index is 743. The lowest BCUT2D eigenvalue weighted by Gasteiger charge is -2.49. The second-order valence-electron chi connectivity index (χ2n) is 9.11. The Labute approximate surface area is 200 Å². The predicted octanol–water partition coefficient (Wildman–Crippen LogP) is -7.03. The van der Waals surface area contributed by atoms with Crippen LogP contribution in [0.1, 0.15) is 6.92 Å². The molecule has 3 rings (SSSR count). The fourth-order valence-corrected chi connectivity index (χ4v) is 4.58. The fourth-order valence-electron chi connectivity index (χ4n) is 4.58. The normalized spacial score (nSPS) is 51.2. The first-order chi connectivity index (χ1) is 16.4. The molecule has 15 heteroatoms. The average Bonchev–Trinajstić information content (AvgIpc) is 2.84. The van der Waals surface area contributed by atoms with Gasteiger partial charge in [0.05, 0.1) is 38.0 Å². The topological polar surface area (TPSA) is 262 Å². The number of nitrogens with one attached hydrogen (secondary N) is 1. The third-order valence-corrected chi connectivity index (χ3v) is 6.78. The van der Waals surface area contributed by atoms with E-state index < -0.39 is 105 Å². The zero-order valence-corrected chi connectivity index (χ0v) is 18.8. The van der Waals surface area contributed by atoms with Crippen LogP contribution in [0.2, 0.25) is 0 Å². The first-order valence-electron chi connectivity index (χ1n) is 11.2. The van der Waals surface area contributed by atoms with Gasteiger partial charge in [0.25, 0.3) is 0 Å². The number of aliphatic hydroxyl groups is 11. The summed E-state index contributed by atoms with van der Waals surface area (Å²) >= 11 is 0. The van der Waals surface area contributed by atoms with E-state index in [2.05, 4.69) is 5.32 Å². The van der Waals surface area contributed by atoms with Crippen molar-refractivity contribution in [3.63, 3.8) is 0 Å². The molecule has 0 aromatic heterocycles. The molecule has 0 amide bonds. The van der Waals surface area contributed by atoms with E-state index in [-0.39, 0.29) is 5.57 Å². The molecule has 204 valence electrons. The summed E-state index contributed by atoms with van der Waals surface area (Å²) in [5.41, 5.74) is 0.0400. The van der Waals surface area contributed by atoms with Crippen LogP contribution < -0.4 is 5.32 Å². The standard InChI is InChI=1S/C20H35NO14/c1-6-10(21-8-2-7(3-22)11(25)15(29)12(8)26)14(28)16(30)19(33-6)34-17-13(27)9(4-23)35-20(32,5-24)18(17)31/h2,6,8-19,21-32H,3-5H2,1H3/t6-,8+,9?,10+,11-,12+,13-,14+,15+,16-,17+,18+,19-,20?/m1/s1. The van der Waals surface area contributed by atoms with Gasteiger partial charge in [0, 0.05) is 0 Å². The van der Waals surface area contributed by atoms with Gasteiger partial charge in [-0.25, -0.2) is 0 Å². The van der Waals surface area contributed by atoms with E-state index in [4.69, 9.17) is 14.2 Å². The van der Waals surface area contributed by atoms with E-state index >= 15 is 0 Å². The van der Waals surface area contributed by atoms with Crippen molar-refractivity contribution in [2.75, 3.05) is 19.8 Å². The molecular weight excluding hydrogens is 478 g/mol. The second-order valence-corrected chi connectivity index (χ2v) is 9.11. The molecule has 35 heavy (non-hydrogen) atoms. The molecule has 0 aromatic carbocycles. The summed E-state index contributed by atoms with van der Waals surface area (Å²) in [4.78, 5) is 0. The van der Waals surface area contributed by atoms with E-state index in [9.17, 15) is 56.2 Å². The quantitative estimate of drug-likeness (QED) is 0.141. The third kappa shape index (κ3) is 5.40. The molecule has 0 saturated carbocycles. The van der Waals surface area contributed by atoms with Gasteiger partial charge in [-0.2, -0.15) is 0 Å². The van der Waals surface area contributed by atoms with Crippen LogP contribution in [-0.2, 0) is 14.2 Å². The number of hydrogen-bond acceptors (Lipinski definition) is 15. The highest BCUT2D eigenvalue weighted by Crippen LogP contribution is 2.33. The maximum Gasteiger partial charge on any atom is 0.219 e. The van der Waals surface area contributed by atoms with E-state index in [0.29, 0.717) is 0 Å². The van der Waals surface area contributed by atoms with Gasteiger partial charge >= 0.3 is 0 Å². The van der Waals surface area contributed by atoms with Gasteiger partial charge in [-0.3, -0.25) is 0 Å². The van der Waals surface area contributed by atoms with Crippen molar-refractivity contribution < 1.29 is 70.4 Å². The van der Waals surface area contributed by atoms with Crippen LogP contribution in [0.15, 0.2) is 11.6 Å².